The van der Waals surface area contributed by atoms with Crippen molar-refractivity contribution < 1.29 is 9.53 Å². The van der Waals surface area contributed by atoms with Gasteiger partial charge in [0.1, 0.15) is 5.60 Å². The number of amides is 1. The molecule has 0 radical (unpaired) electrons. The largest absolute Gasteiger partial charge is 0.444 e. The van der Waals surface area contributed by atoms with Gasteiger partial charge in [-0.25, -0.2) is 9.78 Å². The number of ether oxygens (including phenoxy) is 1. The number of carbonyl (C=O) groups is 1. The van der Waals surface area contributed by atoms with Crippen LogP contribution in [-0.2, 0) is 11.3 Å². The number of thiazole rings is 1. The van der Waals surface area contributed by atoms with Crippen LogP contribution in [0, 0.1) is 6.92 Å². The molecule has 1 saturated heterocycles. The Labute approximate surface area is 124 Å². The van der Waals surface area contributed by atoms with E-state index in [0.29, 0.717) is 12.6 Å². The summed E-state index contributed by atoms with van der Waals surface area (Å²) < 4.78 is 5.39. The van der Waals surface area contributed by atoms with Gasteiger partial charge in [-0.15, -0.1) is 11.3 Å². The van der Waals surface area contributed by atoms with Gasteiger partial charge in [-0.2, -0.15) is 0 Å². The average Bonchev–Trinajstić information content (AvgIpc) is 2.93. The molecule has 1 aliphatic heterocycles. The van der Waals surface area contributed by atoms with Gasteiger partial charge in [-0.3, -0.25) is 0 Å². The van der Waals surface area contributed by atoms with Gasteiger partial charge < -0.3 is 15.0 Å². The summed E-state index contributed by atoms with van der Waals surface area (Å²) in [6.45, 7) is 10.00. The first kappa shape index (κ1) is 15.3. The van der Waals surface area contributed by atoms with Gasteiger partial charge in [0.15, 0.2) is 0 Å². The summed E-state index contributed by atoms with van der Waals surface area (Å²) in [5.41, 5.74) is 2.53. The van der Waals surface area contributed by atoms with E-state index in [4.69, 9.17) is 4.74 Å². The Hall–Kier alpha value is -1.14. The van der Waals surface area contributed by atoms with E-state index in [1.165, 1.54) is 4.88 Å². The molecule has 112 valence electrons. The van der Waals surface area contributed by atoms with Crippen molar-refractivity contribution in [2.75, 3.05) is 13.1 Å². The average molecular weight is 297 g/mol. The van der Waals surface area contributed by atoms with Crippen LogP contribution in [0.3, 0.4) is 0 Å². The summed E-state index contributed by atoms with van der Waals surface area (Å²) in [7, 11) is 0. The number of rotatable bonds is 3. The van der Waals surface area contributed by atoms with Crippen molar-refractivity contribution >= 4 is 17.4 Å². The van der Waals surface area contributed by atoms with Crippen LogP contribution < -0.4 is 5.32 Å². The minimum atomic E-state index is -0.428. The Morgan fingerprint density at radius 3 is 2.95 bits per heavy atom. The molecule has 0 bridgehead atoms. The highest BCUT2D eigenvalue weighted by Gasteiger charge is 2.29. The van der Waals surface area contributed by atoms with Crippen molar-refractivity contribution in [2.45, 2.75) is 52.3 Å². The predicted octanol–water partition coefficient (Wildman–Crippen LogP) is 2.55. The summed E-state index contributed by atoms with van der Waals surface area (Å²) in [6.07, 6.45) is 0.757. The summed E-state index contributed by atoms with van der Waals surface area (Å²) in [5, 5.41) is 3.49. The Bertz CT molecular complexity index is 467. The van der Waals surface area contributed by atoms with E-state index in [1.54, 1.807) is 16.2 Å². The second kappa shape index (κ2) is 6.10. The SMILES string of the molecule is Cc1ncsc1CNC1CCN(C(=O)OC(C)(C)C)C1. The van der Waals surface area contributed by atoms with Gasteiger partial charge in [0.25, 0.3) is 0 Å². The van der Waals surface area contributed by atoms with Crippen LogP contribution in [-0.4, -0.2) is 40.7 Å². The molecule has 0 spiro atoms. The molecule has 1 N–H and O–H groups in total. The molecule has 1 fully saturated rings. The molecule has 2 rings (SSSR count). The lowest BCUT2D eigenvalue weighted by atomic mass is 10.2. The Morgan fingerprint density at radius 2 is 2.35 bits per heavy atom. The lowest BCUT2D eigenvalue weighted by Gasteiger charge is -2.24. The minimum Gasteiger partial charge on any atom is -0.444 e. The molecule has 6 heteroatoms. The van der Waals surface area contributed by atoms with E-state index in [2.05, 4.69) is 10.3 Å². The number of hydrogen-bond donors (Lipinski definition) is 1. The fourth-order valence-corrected chi connectivity index (χ4v) is 2.88. The summed E-state index contributed by atoms with van der Waals surface area (Å²) >= 11 is 1.67. The van der Waals surface area contributed by atoms with E-state index >= 15 is 0 Å². The highest BCUT2D eigenvalue weighted by molar-refractivity contribution is 7.09. The highest BCUT2D eigenvalue weighted by Crippen LogP contribution is 2.17. The van der Waals surface area contributed by atoms with Crippen LogP contribution in [0.5, 0.6) is 0 Å². The summed E-state index contributed by atoms with van der Waals surface area (Å²) in [6, 6.07) is 0.337. The third kappa shape index (κ3) is 4.18. The Kier molecular flexibility index (Phi) is 4.65. The fourth-order valence-electron chi connectivity index (χ4n) is 2.15. The fraction of sp³-hybridized carbons (Fsp3) is 0.714. The van der Waals surface area contributed by atoms with Crippen LogP contribution in [0.2, 0.25) is 0 Å². The summed E-state index contributed by atoms with van der Waals surface area (Å²) in [5.74, 6) is 0. The minimum absolute atomic E-state index is 0.212. The van der Waals surface area contributed by atoms with Gasteiger partial charge in [-0.05, 0) is 34.1 Å². The quantitative estimate of drug-likeness (QED) is 0.931. The smallest absolute Gasteiger partial charge is 0.410 e. The second-order valence-electron chi connectivity index (χ2n) is 6.15. The van der Waals surface area contributed by atoms with Gasteiger partial charge >= 0.3 is 6.09 Å². The van der Waals surface area contributed by atoms with E-state index in [9.17, 15) is 4.79 Å². The van der Waals surface area contributed by atoms with Gasteiger partial charge in [0.2, 0.25) is 0 Å². The number of hydrogen-bond acceptors (Lipinski definition) is 5. The zero-order valence-electron chi connectivity index (χ0n) is 12.6. The van der Waals surface area contributed by atoms with Gasteiger partial charge in [0, 0.05) is 30.6 Å². The predicted molar refractivity (Wildman–Crippen MR) is 79.9 cm³/mol. The monoisotopic (exact) mass is 297 g/mol. The molecule has 0 aliphatic carbocycles. The molecule has 1 amide bonds. The number of nitrogens with one attached hydrogen (secondary N) is 1. The third-order valence-electron chi connectivity index (χ3n) is 3.24. The second-order valence-corrected chi connectivity index (χ2v) is 7.09. The lowest BCUT2D eigenvalue weighted by molar-refractivity contribution is 0.0291. The van der Waals surface area contributed by atoms with Crippen molar-refractivity contribution in [1.29, 1.82) is 0 Å². The van der Waals surface area contributed by atoms with Crippen molar-refractivity contribution in [3.63, 3.8) is 0 Å². The standard InChI is InChI=1S/C14H23N3O2S/c1-10-12(20-9-16-10)7-15-11-5-6-17(8-11)13(18)19-14(2,3)4/h9,11,15H,5-8H2,1-4H3. The van der Waals surface area contributed by atoms with Crippen LogP contribution in [0.15, 0.2) is 5.51 Å². The Morgan fingerprint density at radius 1 is 1.60 bits per heavy atom. The maximum absolute atomic E-state index is 12.0. The maximum atomic E-state index is 12.0. The lowest BCUT2D eigenvalue weighted by Crippen LogP contribution is -2.38. The number of aromatic nitrogens is 1. The van der Waals surface area contributed by atoms with Crippen LogP contribution in [0.4, 0.5) is 4.79 Å². The van der Waals surface area contributed by atoms with Crippen molar-refractivity contribution in [1.82, 2.24) is 15.2 Å². The van der Waals surface area contributed by atoms with Crippen LogP contribution >= 0.6 is 11.3 Å². The van der Waals surface area contributed by atoms with Gasteiger partial charge in [-0.1, -0.05) is 0 Å². The number of carbonyl (C=O) groups excluding carboxylic acids is 1. The molecule has 2 heterocycles. The number of aryl methyl sites for hydroxylation is 1. The molecule has 1 aromatic heterocycles. The zero-order valence-corrected chi connectivity index (χ0v) is 13.4. The number of nitrogens with zero attached hydrogens (tertiary/aromatic N) is 2. The Balaban J connectivity index is 1.78. The van der Waals surface area contributed by atoms with E-state index < -0.39 is 5.60 Å². The molecule has 1 atom stereocenters. The molecule has 0 saturated carbocycles. The van der Waals surface area contributed by atoms with E-state index in [-0.39, 0.29) is 6.09 Å². The molecular formula is C14H23N3O2S. The first-order valence-corrected chi connectivity index (χ1v) is 7.83. The third-order valence-corrected chi connectivity index (χ3v) is 4.17. The normalized spacial score (nSPS) is 19.4. The first-order chi connectivity index (χ1) is 9.35. The van der Waals surface area contributed by atoms with Crippen molar-refractivity contribution in [3.8, 4) is 0 Å². The van der Waals surface area contributed by atoms with Crippen LogP contribution in [0.25, 0.3) is 0 Å². The van der Waals surface area contributed by atoms with Crippen molar-refractivity contribution in [3.05, 3.63) is 16.1 Å². The first-order valence-electron chi connectivity index (χ1n) is 6.95. The molecule has 1 aromatic rings. The molecule has 1 unspecified atom stereocenters. The topological polar surface area (TPSA) is 54.5 Å². The van der Waals surface area contributed by atoms with Gasteiger partial charge in [0.05, 0.1) is 11.2 Å². The number of likely N-dealkylation sites (tertiary alicyclic amines) is 1. The molecule has 20 heavy (non-hydrogen) atoms. The van der Waals surface area contributed by atoms with Crippen molar-refractivity contribution in [2.24, 2.45) is 0 Å². The molecule has 5 nitrogen and oxygen atoms in total. The molecule has 1 aliphatic rings. The molecule has 0 aromatic carbocycles. The van der Waals surface area contributed by atoms with E-state index in [0.717, 1.165) is 25.2 Å². The van der Waals surface area contributed by atoms with Crippen LogP contribution in [0.1, 0.15) is 37.8 Å². The molecular weight excluding hydrogens is 274 g/mol. The summed E-state index contributed by atoms with van der Waals surface area (Å²) in [4.78, 5) is 19.2. The van der Waals surface area contributed by atoms with E-state index in [1.807, 2.05) is 33.2 Å². The zero-order chi connectivity index (χ0) is 14.8. The highest BCUT2D eigenvalue weighted by atomic mass is 32.1. The maximum Gasteiger partial charge on any atom is 0.410 e.